The first-order chi connectivity index (χ1) is 7.74. The maximum absolute atomic E-state index is 5.66. The van der Waals surface area contributed by atoms with Crippen molar-refractivity contribution in [2.24, 2.45) is 0 Å². The molecule has 0 aliphatic rings. The lowest BCUT2D eigenvalue weighted by molar-refractivity contribution is 0.976. The van der Waals surface area contributed by atoms with Crippen molar-refractivity contribution in [1.82, 2.24) is 9.97 Å². The van der Waals surface area contributed by atoms with E-state index in [4.69, 9.17) is 5.73 Å². The van der Waals surface area contributed by atoms with E-state index >= 15 is 0 Å². The molecule has 0 fully saturated rings. The van der Waals surface area contributed by atoms with Gasteiger partial charge in [-0.15, -0.1) is 0 Å². The number of anilines is 2. The van der Waals surface area contributed by atoms with Gasteiger partial charge in [-0.25, -0.2) is 9.97 Å². The second-order valence-corrected chi connectivity index (χ2v) is 3.23. The van der Waals surface area contributed by atoms with E-state index in [9.17, 15) is 0 Å². The predicted molar refractivity (Wildman–Crippen MR) is 68.0 cm³/mol. The van der Waals surface area contributed by atoms with Gasteiger partial charge in [0, 0.05) is 18.4 Å². The van der Waals surface area contributed by atoms with Crippen LogP contribution in [0.2, 0.25) is 0 Å². The van der Waals surface area contributed by atoms with Gasteiger partial charge in [-0.05, 0) is 6.92 Å². The topological polar surface area (TPSA) is 63.8 Å². The zero-order chi connectivity index (χ0) is 11.8. The Balaban J connectivity index is 2.54. The monoisotopic (exact) mass is 216 g/mol. The van der Waals surface area contributed by atoms with Gasteiger partial charge in [0.1, 0.15) is 0 Å². The highest BCUT2D eigenvalue weighted by atomic mass is 15.1. The van der Waals surface area contributed by atoms with Crippen LogP contribution in [0.3, 0.4) is 0 Å². The van der Waals surface area contributed by atoms with E-state index in [1.165, 1.54) is 0 Å². The van der Waals surface area contributed by atoms with E-state index in [0.717, 1.165) is 0 Å². The quantitative estimate of drug-likeness (QED) is 0.740. The van der Waals surface area contributed by atoms with Gasteiger partial charge in [0.05, 0.1) is 0 Å². The second kappa shape index (κ2) is 6.40. The van der Waals surface area contributed by atoms with Crippen LogP contribution in [0, 0.1) is 0 Å². The number of nitrogens with zero attached hydrogens (tertiary/aromatic N) is 2. The van der Waals surface area contributed by atoms with Crippen molar-refractivity contribution in [2.75, 3.05) is 11.1 Å². The number of nitrogen functional groups attached to an aromatic ring is 1. The number of nitrogens with one attached hydrogen (secondary N) is 1. The summed E-state index contributed by atoms with van der Waals surface area (Å²) in [5, 5.41) is 3.14. The summed E-state index contributed by atoms with van der Waals surface area (Å²) in [5.41, 5.74) is 5.66. The van der Waals surface area contributed by atoms with E-state index in [1.54, 1.807) is 18.5 Å². The molecular weight excluding hydrogens is 200 g/mol. The van der Waals surface area contributed by atoms with Crippen LogP contribution in [0.5, 0.6) is 0 Å². The third-order valence-corrected chi connectivity index (χ3v) is 1.85. The lowest BCUT2D eigenvalue weighted by Crippen LogP contribution is -2.14. The first kappa shape index (κ1) is 12.0. The van der Waals surface area contributed by atoms with Gasteiger partial charge in [-0.1, -0.05) is 37.0 Å². The van der Waals surface area contributed by atoms with Crippen LogP contribution in [0.4, 0.5) is 11.6 Å². The Kier molecular flexibility index (Phi) is 4.79. The number of hydrogen-bond donors (Lipinski definition) is 2. The second-order valence-electron chi connectivity index (χ2n) is 3.23. The molecular formula is C12H16N4. The highest BCUT2D eigenvalue weighted by Crippen LogP contribution is 2.11. The molecule has 1 aromatic heterocycles. The molecule has 1 rings (SSSR count). The van der Waals surface area contributed by atoms with Crippen molar-refractivity contribution < 1.29 is 0 Å². The molecule has 0 spiro atoms. The molecule has 1 atom stereocenters. The Labute approximate surface area is 95.6 Å². The van der Waals surface area contributed by atoms with E-state index in [1.807, 2.05) is 31.2 Å². The first-order valence-corrected chi connectivity index (χ1v) is 5.03. The number of rotatable bonds is 5. The Morgan fingerprint density at radius 1 is 1.31 bits per heavy atom. The summed E-state index contributed by atoms with van der Waals surface area (Å²) in [6, 6.07) is 0.133. The van der Waals surface area contributed by atoms with E-state index in [0.29, 0.717) is 11.6 Å². The molecule has 0 unspecified atom stereocenters. The van der Waals surface area contributed by atoms with Crippen molar-refractivity contribution in [2.45, 2.75) is 13.0 Å². The van der Waals surface area contributed by atoms with Crippen LogP contribution in [-0.2, 0) is 0 Å². The van der Waals surface area contributed by atoms with E-state index < -0.39 is 0 Å². The van der Waals surface area contributed by atoms with Gasteiger partial charge in [-0.3, -0.25) is 0 Å². The molecule has 84 valence electrons. The lowest BCUT2D eigenvalue weighted by Gasteiger charge is -2.10. The minimum atomic E-state index is 0.133. The molecule has 0 saturated carbocycles. The maximum Gasteiger partial charge on any atom is 0.169 e. The number of aromatic nitrogens is 2. The van der Waals surface area contributed by atoms with Crippen LogP contribution in [0.1, 0.15) is 6.92 Å². The number of allylic oxidation sites excluding steroid dienone is 4. The lowest BCUT2D eigenvalue weighted by atomic mass is 10.3. The Hall–Kier alpha value is -2.10. The SMILES string of the molecule is C=C/C=C\C=C\[C@H](C)Nc1nccnc1N. The molecule has 16 heavy (non-hydrogen) atoms. The fourth-order valence-electron chi connectivity index (χ4n) is 1.10. The van der Waals surface area contributed by atoms with E-state index in [-0.39, 0.29) is 6.04 Å². The first-order valence-electron chi connectivity index (χ1n) is 5.03. The van der Waals surface area contributed by atoms with Gasteiger partial charge in [-0.2, -0.15) is 0 Å². The molecule has 4 nitrogen and oxygen atoms in total. The van der Waals surface area contributed by atoms with Crippen molar-refractivity contribution >= 4 is 11.6 Å². The van der Waals surface area contributed by atoms with Crippen LogP contribution >= 0.6 is 0 Å². The molecule has 0 aromatic carbocycles. The maximum atomic E-state index is 5.66. The zero-order valence-electron chi connectivity index (χ0n) is 9.30. The van der Waals surface area contributed by atoms with Crippen LogP contribution in [0.15, 0.2) is 49.4 Å². The van der Waals surface area contributed by atoms with Crippen molar-refractivity contribution in [1.29, 1.82) is 0 Å². The smallest absolute Gasteiger partial charge is 0.169 e. The Morgan fingerprint density at radius 2 is 2.06 bits per heavy atom. The minimum absolute atomic E-state index is 0.133. The molecule has 0 radical (unpaired) electrons. The molecule has 3 N–H and O–H groups in total. The average Bonchev–Trinajstić information content (AvgIpc) is 2.28. The third kappa shape index (κ3) is 3.96. The number of hydrogen-bond acceptors (Lipinski definition) is 4. The van der Waals surface area contributed by atoms with Crippen LogP contribution in [-0.4, -0.2) is 16.0 Å². The molecule has 0 aliphatic carbocycles. The molecule has 0 bridgehead atoms. The summed E-state index contributed by atoms with van der Waals surface area (Å²) in [6.45, 7) is 5.59. The summed E-state index contributed by atoms with van der Waals surface area (Å²) < 4.78 is 0. The fraction of sp³-hybridized carbons (Fsp3) is 0.167. The Bertz CT molecular complexity index is 396. The summed E-state index contributed by atoms with van der Waals surface area (Å²) >= 11 is 0. The summed E-state index contributed by atoms with van der Waals surface area (Å²) in [5.74, 6) is 1.01. The number of nitrogens with two attached hydrogens (primary N) is 1. The Morgan fingerprint density at radius 3 is 2.75 bits per heavy atom. The van der Waals surface area contributed by atoms with Gasteiger partial charge >= 0.3 is 0 Å². The summed E-state index contributed by atoms with van der Waals surface area (Å²) in [6.07, 6.45) is 12.6. The zero-order valence-corrected chi connectivity index (χ0v) is 9.30. The van der Waals surface area contributed by atoms with Gasteiger partial charge in [0.2, 0.25) is 0 Å². The highest BCUT2D eigenvalue weighted by Gasteiger charge is 2.02. The standard InChI is InChI=1S/C12H16N4/c1-3-4-5-6-7-10(2)16-12-11(13)14-8-9-15-12/h3-10H,1H2,2H3,(H2,13,14)(H,15,16)/b5-4-,7-6+/t10-/m0/s1. The van der Waals surface area contributed by atoms with Crippen molar-refractivity contribution in [3.8, 4) is 0 Å². The summed E-state index contributed by atoms with van der Waals surface area (Å²) in [7, 11) is 0. The average molecular weight is 216 g/mol. The van der Waals surface area contributed by atoms with Crippen molar-refractivity contribution in [3.63, 3.8) is 0 Å². The summed E-state index contributed by atoms with van der Waals surface area (Å²) in [4.78, 5) is 8.04. The fourth-order valence-corrected chi connectivity index (χ4v) is 1.10. The largest absolute Gasteiger partial charge is 0.381 e. The van der Waals surface area contributed by atoms with Crippen LogP contribution < -0.4 is 11.1 Å². The molecule has 0 saturated heterocycles. The highest BCUT2D eigenvalue weighted by molar-refractivity contribution is 5.55. The molecule has 1 heterocycles. The van der Waals surface area contributed by atoms with Gasteiger partial charge in [0.25, 0.3) is 0 Å². The van der Waals surface area contributed by atoms with Gasteiger partial charge in [0.15, 0.2) is 11.6 Å². The predicted octanol–water partition coefficient (Wildman–Crippen LogP) is 2.16. The van der Waals surface area contributed by atoms with Crippen LogP contribution in [0.25, 0.3) is 0 Å². The third-order valence-electron chi connectivity index (χ3n) is 1.85. The van der Waals surface area contributed by atoms with Crippen molar-refractivity contribution in [3.05, 3.63) is 49.4 Å². The minimum Gasteiger partial charge on any atom is -0.381 e. The normalized spacial score (nSPS) is 13.1. The molecule has 0 amide bonds. The molecule has 4 heteroatoms. The molecule has 1 aromatic rings. The van der Waals surface area contributed by atoms with Gasteiger partial charge < -0.3 is 11.1 Å². The van der Waals surface area contributed by atoms with E-state index in [2.05, 4.69) is 21.9 Å². The molecule has 0 aliphatic heterocycles.